The fraction of sp³-hybridized carbons (Fsp3) is 0.600. The van der Waals surface area contributed by atoms with Gasteiger partial charge < -0.3 is 14.8 Å². The Bertz CT molecular complexity index is 481. The third kappa shape index (κ3) is 2.93. The fourth-order valence-corrected chi connectivity index (χ4v) is 3.43. The Balaban J connectivity index is 1.81. The molecule has 0 spiro atoms. The van der Waals surface area contributed by atoms with E-state index in [1.165, 1.54) is 18.4 Å². The van der Waals surface area contributed by atoms with E-state index < -0.39 is 0 Å². The molecule has 2 aliphatic heterocycles. The molecule has 1 N–H and O–H groups in total. The quantitative estimate of drug-likeness (QED) is 0.925. The number of hydrogen-bond acceptors (Lipinski definition) is 4. The van der Waals surface area contributed by atoms with Gasteiger partial charge in [-0.1, -0.05) is 11.6 Å². The van der Waals surface area contributed by atoms with Crippen LogP contribution in [0.15, 0.2) is 12.1 Å². The van der Waals surface area contributed by atoms with E-state index in [1.807, 2.05) is 19.2 Å². The zero-order valence-electron chi connectivity index (χ0n) is 11.8. The Morgan fingerprint density at radius 1 is 1.45 bits per heavy atom. The average Bonchev–Trinajstić information content (AvgIpc) is 2.86. The maximum Gasteiger partial charge on any atom is 0.189 e. The molecule has 0 bridgehead atoms. The first-order valence-corrected chi connectivity index (χ1v) is 7.56. The molecule has 0 aliphatic carbocycles. The summed E-state index contributed by atoms with van der Waals surface area (Å²) < 4.78 is 11.0. The second-order valence-corrected chi connectivity index (χ2v) is 5.92. The van der Waals surface area contributed by atoms with Crippen molar-refractivity contribution >= 4 is 11.6 Å². The number of rotatable bonds is 4. The molecule has 5 heteroatoms. The monoisotopic (exact) mass is 296 g/mol. The number of nitrogens with one attached hydrogen (secondary N) is 1. The lowest BCUT2D eigenvalue weighted by atomic mass is 10.1. The highest BCUT2D eigenvalue weighted by molar-refractivity contribution is 6.30. The predicted octanol–water partition coefficient (Wildman–Crippen LogP) is 2.39. The topological polar surface area (TPSA) is 33.7 Å². The maximum atomic E-state index is 6.22. The summed E-state index contributed by atoms with van der Waals surface area (Å²) in [6.45, 7) is 4.00. The van der Waals surface area contributed by atoms with Crippen LogP contribution >= 0.6 is 11.6 Å². The zero-order valence-corrected chi connectivity index (χ0v) is 12.6. The Morgan fingerprint density at radius 3 is 3.20 bits per heavy atom. The minimum atomic E-state index is 0.335. The molecule has 110 valence electrons. The van der Waals surface area contributed by atoms with Gasteiger partial charge in [0.2, 0.25) is 0 Å². The molecule has 1 saturated heterocycles. The second-order valence-electron chi connectivity index (χ2n) is 5.49. The smallest absolute Gasteiger partial charge is 0.189 e. The van der Waals surface area contributed by atoms with Crippen LogP contribution < -0.4 is 10.1 Å². The summed E-state index contributed by atoms with van der Waals surface area (Å²) in [4.78, 5) is 2.52. The summed E-state index contributed by atoms with van der Waals surface area (Å²) in [6, 6.07) is 4.57. The summed E-state index contributed by atoms with van der Waals surface area (Å²) in [7, 11) is 2.01. The minimum absolute atomic E-state index is 0.335. The molecule has 0 saturated carbocycles. The van der Waals surface area contributed by atoms with Gasteiger partial charge in [-0.15, -0.1) is 0 Å². The second kappa shape index (κ2) is 6.31. The van der Waals surface area contributed by atoms with Crippen molar-refractivity contribution in [1.29, 1.82) is 0 Å². The molecule has 3 rings (SSSR count). The SMILES string of the molecule is CNCC1CCCN1Cc1cc(Cl)cc2c1OCOC2. The normalized spacial score (nSPS) is 22.6. The van der Waals surface area contributed by atoms with Gasteiger partial charge in [0.1, 0.15) is 5.75 Å². The van der Waals surface area contributed by atoms with Crippen molar-refractivity contribution in [2.45, 2.75) is 32.0 Å². The Kier molecular flexibility index (Phi) is 4.46. The molecule has 4 nitrogen and oxygen atoms in total. The third-order valence-corrected chi connectivity index (χ3v) is 4.28. The van der Waals surface area contributed by atoms with Crippen molar-refractivity contribution in [1.82, 2.24) is 10.2 Å². The van der Waals surface area contributed by atoms with Gasteiger partial charge in [0.15, 0.2) is 6.79 Å². The van der Waals surface area contributed by atoms with Crippen LogP contribution in [0.2, 0.25) is 5.02 Å². The van der Waals surface area contributed by atoms with Crippen molar-refractivity contribution in [3.63, 3.8) is 0 Å². The summed E-state index contributed by atoms with van der Waals surface area (Å²) in [6.07, 6.45) is 2.52. The largest absolute Gasteiger partial charge is 0.467 e. The lowest BCUT2D eigenvalue weighted by Gasteiger charge is -2.27. The number of likely N-dealkylation sites (N-methyl/N-ethyl adjacent to an activating group) is 1. The molecule has 1 fully saturated rings. The standard InChI is InChI=1S/C15H21ClN2O2/c1-17-7-14-3-2-4-18(14)8-11-5-13(16)6-12-9-19-10-20-15(11)12/h5-6,14,17H,2-4,7-10H2,1H3. The van der Waals surface area contributed by atoms with Gasteiger partial charge >= 0.3 is 0 Å². The van der Waals surface area contributed by atoms with E-state index in [0.29, 0.717) is 19.4 Å². The van der Waals surface area contributed by atoms with E-state index in [0.717, 1.165) is 36.0 Å². The van der Waals surface area contributed by atoms with Crippen LogP contribution in [-0.4, -0.2) is 37.9 Å². The van der Waals surface area contributed by atoms with Crippen LogP contribution in [0.25, 0.3) is 0 Å². The van der Waals surface area contributed by atoms with Crippen molar-refractivity contribution in [3.8, 4) is 5.75 Å². The van der Waals surface area contributed by atoms with Gasteiger partial charge in [0, 0.05) is 35.3 Å². The number of nitrogens with zero attached hydrogens (tertiary/aromatic N) is 1. The molecule has 1 atom stereocenters. The van der Waals surface area contributed by atoms with Gasteiger partial charge in [0.25, 0.3) is 0 Å². The molecule has 2 aliphatic rings. The first-order chi connectivity index (χ1) is 9.78. The molecule has 0 radical (unpaired) electrons. The van der Waals surface area contributed by atoms with Gasteiger partial charge in [-0.2, -0.15) is 0 Å². The number of hydrogen-bond donors (Lipinski definition) is 1. The fourth-order valence-electron chi connectivity index (χ4n) is 3.16. The van der Waals surface area contributed by atoms with Crippen molar-refractivity contribution in [2.24, 2.45) is 0 Å². The molecule has 1 unspecified atom stereocenters. The third-order valence-electron chi connectivity index (χ3n) is 4.06. The van der Waals surface area contributed by atoms with Gasteiger partial charge in [0.05, 0.1) is 6.61 Å². The van der Waals surface area contributed by atoms with Gasteiger partial charge in [-0.25, -0.2) is 0 Å². The van der Waals surface area contributed by atoms with E-state index in [9.17, 15) is 0 Å². The molecule has 1 aromatic carbocycles. The van der Waals surface area contributed by atoms with E-state index in [1.54, 1.807) is 0 Å². The van der Waals surface area contributed by atoms with Crippen LogP contribution in [0.5, 0.6) is 5.75 Å². The zero-order chi connectivity index (χ0) is 13.9. The number of likely N-dealkylation sites (tertiary alicyclic amines) is 1. The van der Waals surface area contributed by atoms with E-state index in [-0.39, 0.29) is 0 Å². The van der Waals surface area contributed by atoms with Crippen molar-refractivity contribution in [2.75, 3.05) is 26.9 Å². The van der Waals surface area contributed by atoms with Crippen LogP contribution in [0.4, 0.5) is 0 Å². The lowest BCUT2D eigenvalue weighted by Crippen LogP contribution is -2.36. The average molecular weight is 297 g/mol. The molecule has 2 heterocycles. The maximum absolute atomic E-state index is 6.22. The summed E-state index contributed by atoms with van der Waals surface area (Å²) in [5.74, 6) is 0.968. The molecule has 1 aromatic rings. The van der Waals surface area contributed by atoms with Crippen molar-refractivity contribution in [3.05, 3.63) is 28.3 Å². The Morgan fingerprint density at radius 2 is 2.35 bits per heavy atom. The summed E-state index contributed by atoms with van der Waals surface area (Å²) in [5, 5.41) is 4.04. The van der Waals surface area contributed by atoms with Crippen LogP contribution in [0.3, 0.4) is 0 Å². The number of benzene rings is 1. The van der Waals surface area contributed by atoms with E-state index in [4.69, 9.17) is 21.1 Å². The van der Waals surface area contributed by atoms with E-state index in [2.05, 4.69) is 10.2 Å². The number of ether oxygens (including phenoxy) is 2. The molecule has 0 aromatic heterocycles. The first kappa shape index (κ1) is 14.1. The Hall–Kier alpha value is -0.810. The Labute approximate surface area is 125 Å². The van der Waals surface area contributed by atoms with Crippen molar-refractivity contribution < 1.29 is 9.47 Å². The molecular formula is C15H21ClN2O2. The molecule has 20 heavy (non-hydrogen) atoms. The molecular weight excluding hydrogens is 276 g/mol. The minimum Gasteiger partial charge on any atom is -0.467 e. The highest BCUT2D eigenvalue weighted by Crippen LogP contribution is 2.33. The van der Waals surface area contributed by atoms with Gasteiger partial charge in [-0.05, 0) is 38.6 Å². The molecule has 0 amide bonds. The van der Waals surface area contributed by atoms with Crippen LogP contribution in [0.1, 0.15) is 24.0 Å². The number of fused-ring (bicyclic) bond motifs is 1. The van der Waals surface area contributed by atoms with E-state index >= 15 is 0 Å². The summed E-state index contributed by atoms with van der Waals surface area (Å²) in [5.41, 5.74) is 2.24. The van der Waals surface area contributed by atoms with Gasteiger partial charge in [-0.3, -0.25) is 4.90 Å². The highest BCUT2D eigenvalue weighted by Gasteiger charge is 2.26. The predicted molar refractivity (Wildman–Crippen MR) is 79.1 cm³/mol. The lowest BCUT2D eigenvalue weighted by molar-refractivity contribution is -0.0175. The number of halogens is 1. The van der Waals surface area contributed by atoms with Crippen LogP contribution in [-0.2, 0) is 17.9 Å². The summed E-state index contributed by atoms with van der Waals surface area (Å²) >= 11 is 6.22. The van der Waals surface area contributed by atoms with Crippen LogP contribution in [0, 0.1) is 0 Å². The highest BCUT2D eigenvalue weighted by atomic mass is 35.5. The first-order valence-electron chi connectivity index (χ1n) is 7.18.